The molecule has 8 nitrogen and oxygen atoms in total. The number of imidazole rings is 1. The Hall–Kier alpha value is -2.56. The van der Waals surface area contributed by atoms with Gasteiger partial charge in [0.05, 0.1) is 18.8 Å². The molecule has 3 N–H and O–H groups in total. The summed E-state index contributed by atoms with van der Waals surface area (Å²) in [6.45, 7) is 1.72. The summed E-state index contributed by atoms with van der Waals surface area (Å²) in [4.78, 5) is 31.0. The molecule has 108 valence electrons. The van der Waals surface area contributed by atoms with Crippen molar-refractivity contribution < 1.29 is 14.7 Å². The fourth-order valence-corrected chi connectivity index (χ4v) is 1.54. The lowest BCUT2D eigenvalue weighted by atomic mass is 10.1. The van der Waals surface area contributed by atoms with E-state index in [-0.39, 0.29) is 18.9 Å². The average molecular weight is 279 g/mol. The molecule has 0 aromatic carbocycles. The Labute approximate surface area is 116 Å². The van der Waals surface area contributed by atoms with E-state index in [0.29, 0.717) is 5.69 Å². The molecule has 0 bridgehead atoms. The van der Waals surface area contributed by atoms with Gasteiger partial charge in [0, 0.05) is 31.4 Å². The molecule has 2 atom stereocenters. The summed E-state index contributed by atoms with van der Waals surface area (Å²) < 4.78 is 0. The van der Waals surface area contributed by atoms with Crippen LogP contribution in [0.25, 0.3) is 0 Å². The van der Waals surface area contributed by atoms with E-state index in [1.54, 1.807) is 6.92 Å². The zero-order valence-electron chi connectivity index (χ0n) is 11.3. The van der Waals surface area contributed by atoms with Crippen molar-refractivity contribution >= 4 is 12.0 Å². The number of carboxylic acids is 1. The minimum absolute atomic E-state index is 0.113. The normalized spacial score (nSPS) is 13.1. The number of rotatable bonds is 6. The molecule has 1 aromatic heterocycles. The van der Waals surface area contributed by atoms with Crippen LogP contribution in [-0.4, -0.2) is 51.1 Å². The van der Waals surface area contributed by atoms with Crippen LogP contribution in [0.15, 0.2) is 12.5 Å². The standard InChI is InChI=1S/C12H17N5O3/c1-8(3-4-13)17(2)12(20)16-10(11(18)19)5-9-6-14-7-15-9/h6-8,10H,3,5H2,1-2H3,(H,14,15)(H,16,20)(H,18,19). The number of hydrogen-bond acceptors (Lipinski definition) is 4. The predicted molar refractivity (Wildman–Crippen MR) is 69.7 cm³/mol. The van der Waals surface area contributed by atoms with Crippen LogP contribution in [0.1, 0.15) is 19.0 Å². The van der Waals surface area contributed by atoms with Crippen molar-refractivity contribution in [1.29, 1.82) is 5.26 Å². The van der Waals surface area contributed by atoms with E-state index in [1.165, 1.54) is 24.5 Å². The Morgan fingerprint density at radius 1 is 1.65 bits per heavy atom. The number of urea groups is 1. The van der Waals surface area contributed by atoms with Gasteiger partial charge in [-0.15, -0.1) is 0 Å². The van der Waals surface area contributed by atoms with Gasteiger partial charge in [-0.2, -0.15) is 5.26 Å². The number of aromatic nitrogens is 2. The molecule has 0 aliphatic carbocycles. The number of nitriles is 1. The molecule has 1 aromatic rings. The van der Waals surface area contributed by atoms with Gasteiger partial charge in [-0.3, -0.25) is 0 Å². The molecule has 20 heavy (non-hydrogen) atoms. The highest BCUT2D eigenvalue weighted by Gasteiger charge is 2.24. The molecule has 2 amide bonds. The molecule has 8 heteroatoms. The molecule has 1 rings (SSSR count). The maximum atomic E-state index is 11.9. The summed E-state index contributed by atoms with van der Waals surface area (Å²) in [6.07, 6.45) is 3.24. The van der Waals surface area contributed by atoms with Crippen LogP contribution in [0.3, 0.4) is 0 Å². The highest BCUT2D eigenvalue weighted by Crippen LogP contribution is 2.03. The first-order valence-electron chi connectivity index (χ1n) is 6.06. The lowest BCUT2D eigenvalue weighted by molar-refractivity contribution is -0.139. The number of amides is 2. The number of carboxylic acid groups (broad SMARTS) is 1. The third-order valence-corrected chi connectivity index (χ3v) is 2.94. The second-order valence-corrected chi connectivity index (χ2v) is 4.44. The van der Waals surface area contributed by atoms with Crippen molar-refractivity contribution in [3.05, 3.63) is 18.2 Å². The molecule has 0 saturated carbocycles. The summed E-state index contributed by atoms with van der Waals surface area (Å²) in [6, 6.07) is 0.0903. The highest BCUT2D eigenvalue weighted by atomic mass is 16.4. The van der Waals surface area contributed by atoms with E-state index in [2.05, 4.69) is 15.3 Å². The molecule has 0 radical (unpaired) electrons. The van der Waals surface area contributed by atoms with E-state index in [1.807, 2.05) is 6.07 Å². The number of carbonyl (C=O) groups is 2. The van der Waals surface area contributed by atoms with Crippen molar-refractivity contribution in [2.45, 2.75) is 31.8 Å². The van der Waals surface area contributed by atoms with Crippen molar-refractivity contribution in [2.24, 2.45) is 0 Å². The van der Waals surface area contributed by atoms with Crippen LogP contribution in [0.4, 0.5) is 4.79 Å². The molecule has 0 aliphatic rings. The van der Waals surface area contributed by atoms with E-state index < -0.39 is 18.0 Å². The monoisotopic (exact) mass is 279 g/mol. The number of nitrogens with one attached hydrogen (secondary N) is 2. The van der Waals surface area contributed by atoms with Gasteiger partial charge in [0.2, 0.25) is 0 Å². The second-order valence-electron chi connectivity index (χ2n) is 4.44. The summed E-state index contributed by atoms with van der Waals surface area (Å²) in [5.74, 6) is -1.13. The van der Waals surface area contributed by atoms with Crippen LogP contribution < -0.4 is 5.32 Å². The largest absolute Gasteiger partial charge is 0.480 e. The number of hydrogen-bond donors (Lipinski definition) is 3. The molecule has 0 aliphatic heterocycles. The Kier molecular flexibility index (Phi) is 5.53. The maximum Gasteiger partial charge on any atom is 0.326 e. The number of nitrogens with zero attached hydrogens (tertiary/aromatic N) is 3. The van der Waals surface area contributed by atoms with E-state index in [9.17, 15) is 9.59 Å². The van der Waals surface area contributed by atoms with Crippen molar-refractivity contribution in [1.82, 2.24) is 20.2 Å². The van der Waals surface area contributed by atoms with Gasteiger partial charge in [-0.05, 0) is 6.92 Å². The van der Waals surface area contributed by atoms with Crippen molar-refractivity contribution in [2.75, 3.05) is 7.05 Å². The number of carbonyl (C=O) groups excluding carboxylic acids is 1. The fourth-order valence-electron chi connectivity index (χ4n) is 1.54. The first kappa shape index (κ1) is 15.5. The van der Waals surface area contributed by atoms with Gasteiger partial charge in [-0.1, -0.05) is 0 Å². The zero-order chi connectivity index (χ0) is 15.1. The first-order chi connectivity index (χ1) is 9.45. The molecular weight excluding hydrogens is 262 g/mol. The van der Waals surface area contributed by atoms with Gasteiger partial charge >= 0.3 is 12.0 Å². The Morgan fingerprint density at radius 3 is 2.85 bits per heavy atom. The summed E-state index contributed by atoms with van der Waals surface area (Å²) in [7, 11) is 1.52. The first-order valence-corrected chi connectivity index (χ1v) is 6.06. The number of aliphatic carboxylic acids is 1. The van der Waals surface area contributed by atoms with E-state index in [0.717, 1.165) is 0 Å². The van der Waals surface area contributed by atoms with Crippen LogP contribution in [0, 0.1) is 11.3 Å². The van der Waals surface area contributed by atoms with Gasteiger partial charge in [-0.25, -0.2) is 14.6 Å². The Bertz CT molecular complexity index is 494. The average Bonchev–Trinajstić information content (AvgIpc) is 2.90. The number of aromatic amines is 1. The quantitative estimate of drug-likeness (QED) is 0.693. The Morgan fingerprint density at radius 2 is 2.35 bits per heavy atom. The van der Waals surface area contributed by atoms with Crippen molar-refractivity contribution in [3.63, 3.8) is 0 Å². The molecule has 0 spiro atoms. The number of H-pyrrole nitrogens is 1. The molecule has 0 saturated heterocycles. The predicted octanol–water partition coefficient (Wildman–Crippen LogP) is 0.349. The van der Waals surface area contributed by atoms with Gasteiger partial charge < -0.3 is 20.3 Å². The van der Waals surface area contributed by atoms with Crippen LogP contribution in [0.2, 0.25) is 0 Å². The highest BCUT2D eigenvalue weighted by molar-refractivity contribution is 5.82. The smallest absolute Gasteiger partial charge is 0.326 e. The lowest BCUT2D eigenvalue weighted by Gasteiger charge is -2.25. The van der Waals surface area contributed by atoms with Gasteiger partial charge in [0.1, 0.15) is 6.04 Å². The van der Waals surface area contributed by atoms with E-state index >= 15 is 0 Å². The third-order valence-electron chi connectivity index (χ3n) is 2.94. The Balaban J connectivity index is 2.64. The lowest BCUT2D eigenvalue weighted by Crippen LogP contribution is -2.50. The summed E-state index contributed by atoms with van der Waals surface area (Å²) in [5, 5.41) is 20.1. The third kappa shape index (κ3) is 4.28. The minimum atomic E-state index is -1.13. The fraction of sp³-hybridized carbons (Fsp3) is 0.500. The van der Waals surface area contributed by atoms with Crippen LogP contribution in [-0.2, 0) is 11.2 Å². The van der Waals surface area contributed by atoms with Gasteiger partial charge in [0.25, 0.3) is 0 Å². The minimum Gasteiger partial charge on any atom is -0.480 e. The zero-order valence-corrected chi connectivity index (χ0v) is 11.3. The summed E-state index contributed by atoms with van der Waals surface area (Å²) >= 11 is 0. The van der Waals surface area contributed by atoms with Crippen LogP contribution in [0.5, 0.6) is 0 Å². The van der Waals surface area contributed by atoms with Crippen LogP contribution >= 0.6 is 0 Å². The van der Waals surface area contributed by atoms with Gasteiger partial charge in [0.15, 0.2) is 0 Å². The SMILES string of the molecule is CC(CC#N)N(C)C(=O)NC(Cc1cnc[nH]1)C(=O)O. The topological polar surface area (TPSA) is 122 Å². The second kappa shape index (κ2) is 7.13. The summed E-state index contributed by atoms with van der Waals surface area (Å²) in [5.41, 5.74) is 0.616. The maximum absolute atomic E-state index is 11.9. The molecular formula is C12H17N5O3. The molecule has 2 unspecified atom stereocenters. The molecule has 0 fully saturated rings. The molecule has 1 heterocycles. The van der Waals surface area contributed by atoms with E-state index in [4.69, 9.17) is 10.4 Å². The van der Waals surface area contributed by atoms with Crippen molar-refractivity contribution in [3.8, 4) is 6.07 Å².